The molecule has 160 valence electrons. The summed E-state index contributed by atoms with van der Waals surface area (Å²) in [5.74, 6) is -0.699. The SMILES string of the molecule is CC(C)(C)n1c(NC(=O)CCc2ncc(-c3ccc(F)cc3F)o2)nc2ccccc21. The minimum atomic E-state index is -0.735. The number of carbonyl (C=O) groups excluding carboxylic acids is 1. The average molecular weight is 424 g/mol. The molecular weight excluding hydrogens is 402 g/mol. The summed E-state index contributed by atoms with van der Waals surface area (Å²) in [5.41, 5.74) is 1.56. The fourth-order valence-corrected chi connectivity index (χ4v) is 3.44. The van der Waals surface area contributed by atoms with Crippen molar-refractivity contribution in [1.29, 1.82) is 0 Å². The number of amides is 1. The monoisotopic (exact) mass is 424 g/mol. The number of oxazole rings is 1. The first kappa shape index (κ1) is 20.7. The van der Waals surface area contributed by atoms with E-state index in [4.69, 9.17) is 4.42 Å². The Morgan fingerprint density at radius 2 is 1.94 bits per heavy atom. The molecule has 31 heavy (non-hydrogen) atoms. The third-order valence-electron chi connectivity index (χ3n) is 4.80. The maximum Gasteiger partial charge on any atom is 0.227 e. The largest absolute Gasteiger partial charge is 0.441 e. The molecule has 0 aliphatic heterocycles. The lowest BCUT2D eigenvalue weighted by Crippen LogP contribution is -2.26. The number of aryl methyl sites for hydroxylation is 1. The number of aromatic nitrogens is 3. The molecule has 0 saturated heterocycles. The summed E-state index contributed by atoms with van der Waals surface area (Å²) in [7, 11) is 0. The van der Waals surface area contributed by atoms with E-state index in [-0.39, 0.29) is 41.5 Å². The van der Waals surface area contributed by atoms with E-state index in [0.717, 1.165) is 23.2 Å². The third-order valence-corrected chi connectivity index (χ3v) is 4.80. The molecule has 4 aromatic rings. The van der Waals surface area contributed by atoms with E-state index in [1.54, 1.807) is 0 Å². The summed E-state index contributed by atoms with van der Waals surface area (Å²) < 4.78 is 34.5. The normalized spacial score (nSPS) is 11.8. The van der Waals surface area contributed by atoms with Gasteiger partial charge in [-0.25, -0.2) is 18.7 Å². The summed E-state index contributed by atoms with van der Waals surface area (Å²) in [6, 6.07) is 10.9. The molecular formula is C23H22F2N4O2. The average Bonchev–Trinajstić information content (AvgIpc) is 3.30. The molecule has 6 nitrogen and oxygen atoms in total. The van der Waals surface area contributed by atoms with Crippen LogP contribution in [0.15, 0.2) is 53.1 Å². The van der Waals surface area contributed by atoms with Crippen LogP contribution in [0.25, 0.3) is 22.4 Å². The number of halogens is 2. The predicted octanol–water partition coefficient (Wildman–Crippen LogP) is 5.30. The number of nitrogens with zero attached hydrogens (tertiary/aromatic N) is 3. The molecule has 0 saturated carbocycles. The molecule has 0 bridgehead atoms. The Morgan fingerprint density at radius 1 is 1.16 bits per heavy atom. The molecule has 1 N–H and O–H groups in total. The fraction of sp³-hybridized carbons (Fsp3) is 0.261. The molecule has 0 aliphatic carbocycles. The first-order valence-corrected chi connectivity index (χ1v) is 9.90. The van der Waals surface area contributed by atoms with E-state index in [9.17, 15) is 13.6 Å². The van der Waals surface area contributed by atoms with Crippen LogP contribution in [0, 0.1) is 11.6 Å². The van der Waals surface area contributed by atoms with Crippen LogP contribution in [0.5, 0.6) is 0 Å². The lowest BCUT2D eigenvalue weighted by atomic mass is 10.1. The molecule has 0 atom stereocenters. The van der Waals surface area contributed by atoms with Crippen LogP contribution in [0.2, 0.25) is 0 Å². The predicted molar refractivity (Wildman–Crippen MR) is 114 cm³/mol. The zero-order valence-electron chi connectivity index (χ0n) is 17.4. The summed E-state index contributed by atoms with van der Waals surface area (Å²) in [6.45, 7) is 6.12. The third kappa shape index (κ3) is 4.33. The number of carbonyl (C=O) groups is 1. The van der Waals surface area contributed by atoms with Gasteiger partial charge in [0.15, 0.2) is 11.7 Å². The Morgan fingerprint density at radius 3 is 2.68 bits per heavy atom. The molecule has 2 aromatic heterocycles. The van der Waals surface area contributed by atoms with Gasteiger partial charge in [-0.05, 0) is 45.0 Å². The molecule has 2 heterocycles. The van der Waals surface area contributed by atoms with Crippen molar-refractivity contribution in [3.63, 3.8) is 0 Å². The van der Waals surface area contributed by atoms with Crippen molar-refractivity contribution in [2.75, 3.05) is 5.32 Å². The number of nitrogens with one attached hydrogen (secondary N) is 1. The number of para-hydroxylation sites is 2. The van der Waals surface area contributed by atoms with Gasteiger partial charge in [0, 0.05) is 24.4 Å². The Hall–Kier alpha value is -3.55. The first-order valence-electron chi connectivity index (χ1n) is 9.90. The summed E-state index contributed by atoms with van der Waals surface area (Å²) in [5, 5.41) is 2.87. The van der Waals surface area contributed by atoms with Crippen molar-refractivity contribution in [1.82, 2.24) is 14.5 Å². The molecule has 0 radical (unpaired) electrons. The maximum absolute atomic E-state index is 13.9. The minimum absolute atomic E-state index is 0.110. The van der Waals surface area contributed by atoms with Gasteiger partial charge in [0.05, 0.1) is 22.8 Å². The molecule has 0 fully saturated rings. The van der Waals surface area contributed by atoms with Crippen LogP contribution < -0.4 is 5.32 Å². The minimum Gasteiger partial charge on any atom is -0.441 e. The molecule has 2 aromatic carbocycles. The highest BCUT2D eigenvalue weighted by molar-refractivity contribution is 5.91. The van der Waals surface area contributed by atoms with Crippen molar-refractivity contribution >= 4 is 22.9 Å². The van der Waals surface area contributed by atoms with Crippen molar-refractivity contribution in [3.05, 3.63) is 66.2 Å². The molecule has 8 heteroatoms. The Bertz CT molecular complexity index is 1250. The Labute approximate surface area is 177 Å². The second-order valence-electron chi connectivity index (χ2n) is 8.22. The van der Waals surface area contributed by atoms with E-state index in [1.807, 2.05) is 49.6 Å². The molecule has 0 aliphatic rings. The van der Waals surface area contributed by atoms with Crippen LogP contribution in [0.3, 0.4) is 0 Å². The van der Waals surface area contributed by atoms with Crippen molar-refractivity contribution in [2.24, 2.45) is 0 Å². The fourth-order valence-electron chi connectivity index (χ4n) is 3.44. The smallest absolute Gasteiger partial charge is 0.227 e. The summed E-state index contributed by atoms with van der Waals surface area (Å²) >= 11 is 0. The number of imidazole rings is 1. The lowest BCUT2D eigenvalue weighted by Gasteiger charge is -2.24. The van der Waals surface area contributed by atoms with Crippen LogP contribution in [-0.4, -0.2) is 20.4 Å². The second kappa shape index (κ2) is 7.94. The number of benzene rings is 2. The molecule has 4 rings (SSSR count). The van der Waals surface area contributed by atoms with E-state index >= 15 is 0 Å². The summed E-state index contributed by atoms with van der Waals surface area (Å²) in [6.07, 6.45) is 1.70. The highest BCUT2D eigenvalue weighted by Crippen LogP contribution is 2.28. The summed E-state index contributed by atoms with van der Waals surface area (Å²) in [4.78, 5) is 21.2. The highest BCUT2D eigenvalue weighted by Gasteiger charge is 2.22. The van der Waals surface area contributed by atoms with E-state index in [1.165, 1.54) is 12.3 Å². The lowest BCUT2D eigenvalue weighted by molar-refractivity contribution is -0.116. The van der Waals surface area contributed by atoms with Gasteiger partial charge in [0.25, 0.3) is 0 Å². The van der Waals surface area contributed by atoms with E-state index in [2.05, 4.69) is 15.3 Å². The Balaban J connectivity index is 1.47. The van der Waals surface area contributed by atoms with Crippen LogP contribution in [0.1, 0.15) is 33.1 Å². The van der Waals surface area contributed by atoms with Gasteiger partial charge in [-0.1, -0.05) is 12.1 Å². The highest BCUT2D eigenvalue weighted by atomic mass is 19.1. The van der Waals surface area contributed by atoms with Gasteiger partial charge in [0.1, 0.15) is 11.6 Å². The number of hydrogen-bond acceptors (Lipinski definition) is 4. The van der Waals surface area contributed by atoms with Crippen molar-refractivity contribution in [2.45, 2.75) is 39.2 Å². The number of anilines is 1. The molecule has 0 unspecified atom stereocenters. The standard InChI is InChI=1S/C23H22F2N4O2/c1-23(2,3)29-18-7-5-4-6-17(18)27-22(29)28-20(30)10-11-21-26-13-19(31-21)15-9-8-14(24)12-16(15)25/h4-9,12-13H,10-11H2,1-3H3,(H,27,28,30). The van der Waals surface area contributed by atoms with Gasteiger partial charge >= 0.3 is 0 Å². The zero-order chi connectivity index (χ0) is 22.2. The van der Waals surface area contributed by atoms with Crippen LogP contribution in [0.4, 0.5) is 14.7 Å². The van der Waals surface area contributed by atoms with Gasteiger partial charge in [-0.15, -0.1) is 0 Å². The van der Waals surface area contributed by atoms with Gasteiger partial charge in [-0.3, -0.25) is 10.1 Å². The molecule has 1 amide bonds. The zero-order valence-corrected chi connectivity index (χ0v) is 17.4. The molecule has 0 spiro atoms. The number of hydrogen-bond donors (Lipinski definition) is 1. The van der Waals surface area contributed by atoms with Crippen LogP contribution >= 0.6 is 0 Å². The van der Waals surface area contributed by atoms with Gasteiger partial charge in [-0.2, -0.15) is 0 Å². The van der Waals surface area contributed by atoms with Crippen LogP contribution in [-0.2, 0) is 16.8 Å². The second-order valence-corrected chi connectivity index (χ2v) is 8.22. The van der Waals surface area contributed by atoms with E-state index < -0.39 is 11.6 Å². The number of fused-ring (bicyclic) bond motifs is 1. The Kier molecular flexibility index (Phi) is 5.31. The van der Waals surface area contributed by atoms with Crippen molar-refractivity contribution < 1.29 is 18.0 Å². The van der Waals surface area contributed by atoms with E-state index in [0.29, 0.717) is 5.95 Å². The first-order chi connectivity index (χ1) is 14.7. The van der Waals surface area contributed by atoms with Crippen molar-refractivity contribution in [3.8, 4) is 11.3 Å². The van der Waals surface area contributed by atoms with Gasteiger partial charge < -0.3 is 8.98 Å². The number of rotatable bonds is 5. The maximum atomic E-state index is 13.9. The topological polar surface area (TPSA) is 73.0 Å². The van der Waals surface area contributed by atoms with Gasteiger partial charge in [0.2, 0.25) is 11.9 Å². The quantitative estimate of drug-likeness (QED) is 0.472.